The zero-order chi connectivity index (χ0) is 22.8. The molecule has 3 aromatic carbocycles. The number of hydrogen-bond acceptors (Lipinski definition) is 4. The van der Waals surface area contributed by atoms with Gasteiger partial charge in [-0.3, -0.25) is 9.59 Å². The quantitative estimate of drug-likeness (QED) is 0.664. The Kier molecular flexibility index (Phi) is 5.77. The molecule has 0 radical (unpaired) electrons. The van der Waals surface area contributed by atoms with Gasteiger partial charge in [0.1, 0.15) is 18.2 Å². The van der Waals surface area contributed by atoms with Crippen molar-refractivity contribution in [2.75, 3.05) is 26.1 Å². The van der Waals surface area contributed by atoms with Crippen LogP contribution in [0.3, 0.4) is 0 Å². The topological polar surface area (TPSA) is 67.9 Å². The predicted molar refractivity (Wildman–Crippen MR) is 114 cm³/mol. The molecule has 1 heterocycles. The molecule has 0 saturated carbocycles. The molecule has 1 aliphatic rings. The molecule has 0 aliphatic carbocycles. The number of carbonyl (C=O) groups excluding carboxylic acids is 2. The number of anilines is 1. The second-order valence-corrected chi connectivity index (χ2v) is 7.21. The minimum absolute atomic E-state index is 0.173. The number of amides is 2. The number of rotatable bonds is 4. The third-order valence-corrected chi connectivity index (χ3v) is 5.29. The second kappa shape index (κ2) is 8.66. The van der Waals surface area contributed by atoms with Crippen LogP contribution < -0.4 is 14.8 Å². The largest absolute Gasteiger partial charge is 0.493 e. The Morgan fingerprint density at radius 1 is 1.00 bits per heavy atom. The van der Waals surface area contributed by atoms with E-state index in [1.54, 1.807) is 18.2 Å². The number of hydrogen-bond donors (Lipinski definition) is 1. The van der Waals surface area contributed by atoms with Gasteiger partial charge < -0.3 is 19.7 Å². The van der Waals surface area contributed by atoms with E-state index >= 15 is 0 Å². The summed E-state index contributed by atoms with van der Waals surface area (Å²) < 4.78 is 38.5. The Labute approximate surface area is 183 Å². The molecule has 6 nitrogen and oxygen atoms in total. The highest BCUT2D eigenvalue weighted by molar-refractivity contribution is 6.03. The SMILES string of the molecule is COc1cccc(C(=O)N2CC(=O)Nc3ccc(F)cc3[C@H]2c2ccc(F)cc2)c1OC. The van der Waals surface area contributed by atoms with Crippen LogP contribution in [0, 0.1) is 11.6 Å². The van der Waals surface area contributed by atoms with Gasteiger partial charge in [-0.15, -0.1) is 0 Å². The first-order chi connectivity index (χ1) is 15.4. The molecule has 0 fully saturated rings. The lowest BCUT2D eigenvalue weighted by molar-refractivity contribution is -0.117. The van der Waals surface area contributed by atoms with Crippen molar-refractivity contribution in [2.45, 2.75) is 6.04 Å². The lowest BCUT2D eigenvalue weighted by Gasteiger charge is -2.31. The number of carbonyl (C=O) groups is 2. The van der Waals surface area contributed by atoms with Crippen LogP contribution in [0.5, 0.6) is 11.5 Å². The lowest BCUT2D eigenvalue weighted by Crippen LogP contribution is -2.39. The van der Waals surface area contributed by atoms with E-state index in [1.807, 2.05) is 0 Å². The van der Waals surface area contributed by atoms with Gasteiger partial charge in [-0.05, 0) is 48.0 Å². The summed E-state index contributed by atoms with van der Waals surface area (Å²) in [6.07, 6.45) is 0. The molecular weight excluding hydrogens is 418 g/mol. The van der Waals surface area contributed by atoms with Gasteiger partial charge in [0.25, 0.3) is 5.91 Å². The second-order valence-electron chi connectivity index (χ2n) is 7.21. The Morgan fingerprint density at radius 2 is 1.72 bits per heavy atom. The van der Waals surface area contributed by atoms with E-state index in [4.69, 9.17) is 9.47 Å². The monoisotopic (exact) mass is 438 g/mol. The summed E-state index contributed by atoms with van der Waals surface area (Å²) in [5.41, 5.74) is 1.44. The van der Waals surface area contributed by atoms with E-state index in [1.165, 1.54) is 61.6 Å². The summed E-state index contributed by atoms with van der Waals surface area (Å²) in [7, 11) is 2.86. The van der Waals surface area contributed by atoms with Gasteiger partial charge in [0.2, 0.25) is 5.91 Å². The van der Waals surface area contributed by atoms with E-state index in [0.717, 1.165) is 0 Å². The van der Waals surface area contributed by atoms with Gasteiger partial charge in [0.15, 0.2) is 11.5 Å². The van der Waals surface area contributed by atoms with Crippen molar-refractivity contribution < 1.29 is 27.8 Å². The average Bonchev–Trinajstić information content (AvgIpc) is 2.94. The van der Waals surface area contributed by atoms with E-state index in [2.05, 4.69) is 5.32 Å². The van der Waals surface area contributed by atoms with Crippen LogP contribution in [0.25, 0.3) is 0 Å². The molecule has 1 aliphatic heterocycles. The van der Waals surface area contributed by atoms with E-state index in [9.17, 15) is 18.4 Å². The van der Waals surface area contributed by atoms with Crippen LogP contribution >= 0.6 is 0 Å². The molecule has 0 saturated heterocycles. The molecule has 4 rings (SSSR count). The predicted octanol–water partition coefficient (Wildman–Crippen LogP) is 4.17. The van der Waals surface area contributed by atoms with Gasteiger partial charge in [-0.1, -0.05) is 18.2 Å². The van der Waals surface area contributed by atoms with Crippen molar-refractivity contribution in [1.82, 2.24) is 4.90 Å². The van der Waals surface area contributed by atoms with Crippen LogP contribution in [0.15, 0.2) is 60.7 Å². The summed E-state index contributed by atoms with van der Waals surface area (Å²) in [6.45, 7) is -0.308. The molecule has 0 spiro atoms. The molecular formula is C24H20F2N2O4. The van der Waals surface area contributed by atoms with Crippen molar-refractivity contribution in [3.8, 4) is 11.5 Å². The van der Waals surface area contributed by atoms with Crippen molar-refractivity contribution in [3.05, 3.63) is 89.0 Å². The van der Waals surface area contributed by atoms with Gasteiger partial charge in [-0.2, -0.15) is 0 Å². The number of fused-ring (bicyclic) bond motifs is 1. The van der Waals surface area contributed by atoms with Gasteiger partial charge in [0, 0.05) is 11.3 Å². The standard InChI is InChI=1S/C24H20F2N2O4/c1-31-20-5-3-4-17(23(20)32-2)24(30)28-13-21(29)27-19-11-10-16(26)12-18(19)22(28)14-6-8-15(25)9-7-14/h3-12,22H,13H2,1-2H3,(H,27,29)/t22-/m1/s1. The average molecular weight is 438 g/mol. The number of benzene rings is 3. The molecule has 0 unspecified atom stereocenters. The maximum atomic E-state index is 14.2. The van der Waals surface area contributed by atoms with E-state index in [-0.39, 0.29) is 17.9 Å². The number of para-hydroxylation sites is 1. The summed E-state index contributed by atoms with van der Waals surface area (Å²) in [6, 6.07) is 13.4. The van der Waals surface area contributed by atoms with E-state index in [0.29, 0.717) is 22.6 Å². The van der Waals surface area contributed by atoms with Crippen LogP contribution in [-0.4, -0.2) is 37.5 Å². The summed E-state index contributed by atoms with van der Waals surface area (Å²) in [5, 5.41) is 2.72. The zero-order valence-corrected chi connectivity index (χ0v) is 17.4. The zero-order valence-electron chi connectivity index (χ0n) is 17.4. The molecule has 0 bridgehead atoms. The van der Waals surface area contributed by atoms with Crippen LogP contribution in [0.4, 0.5) is 14.5 Å². The lowest BCUT2D eigenvalue weighted by atomic mass is 9.95. The number of nitrogens with zero attached hydrogens (tertiary/aromatic N) is 1. The van der Waals surface area contributed by atoms with Crippen LogP contribution in [0.2, 0.25) is 0 Å². The van der Waals surface area contributed by atoms with Crippen molar-refractivity contribution in [3.63, 3.8) is 0 Å². The number of nitrogens with one attached hydrogen (secondary N) is 1. The molecule has 0 aromatic heterocycles. The number of halogens is 2. The van der Waals surface area contributed by atoms with Crippen molar-refractivity contribution in [1.29, 1.82) is 0 Å². The fourth-order valence-corrected chi connectivity index (χ4v) is 3.88. The highest BCUT2D eigenvalue weighted by Crippen LogP contribution is 2.39. The fourth-order valence-electron chi connectivity index (χ4n) is 3.88. The van der Waals surface area contributed by atoms with Gasteiger partial charge >= 0.3 is 0 Å². The highest BCUT2D eigenvalue weighted by Gasteiger charge is 2.35. The smallest absolute Gasteiger partial charge is 0.259 e. The van der Waals surface area contributed by atoms with Gasteiger partial charge in [0.05, 0.1) is 25.8 Å². The molecule has 3 aromatic rings. The molecule has 2 amide bonds. The summed E-state index contributed by atoms with van der Waals surface area (Å²) in [4.78, 5) is 27.7. The first-order valence-corrected chi connectivity index (χ1v) is 9.79. The molecule has 1 N–H and O–H groups in total. The van der Waals surface area contributed by atoms with Crippen molar-refractivity contribution in [2.24, 2.45) is 0 Å². The maximum Gasteiger partial charge on any atom is 0.259 e. The number of ether oxygens (including phenoxy) is 2. The normalized spacial score (nSPS) is 15.4. The third kappa shape index (κ3) is 3.87. The minimum Gasteiger partial charge on any atom is -0.493 e. The Balaban J connectivity index is 1.91. The molecule has 8 heteroatoms. The minimum atomic E-state index is -0.858. The maximum absolute atomic E-state index is 14.2. The third-order valence-electron chi connectivity index (χ3n) is 5.29. The van der Waals surface area contributed by atoms with Crippen LogP contribution in [-0.2, 0) is 4.79 Å². The first-order valence-electron chi connectivity index (χ1n) is 9.79. The van der Waals surface area contributed by atoms with Crippen molar-refractivity contribution >= 4 is 17.5 Å². The first kappa shape index (κ1) is 21.3. The van der Waals surface area contributed by atoms with Gasteiger partial charge in [-0.25, -0.2) is 8.78 Å². The molecule has 164 valence electrons. The Morgan fingerprint density at radius 3 is 2.41 bits per heavy atom. The Hall–Kier alpha value is -3.94. The van der Waals surface area contributed by atoms with E-state index < -0.39 is 29.5 Å². The highest BCUT2D eigenvalue weighted by atomic mass is 19.1. The Bertz CT molecular complexity index is 1180. The molecule has 1 atom stereocenters. The fraction of sp³-hybridized carbons (Fsp3) is 0.167. The number of methoxy groups -OCH3 is 2. The molecule has 32 heavy (non-hydrogen) atoms. The van der Waals surface area contributed by atoms with Crippen LogP contribution in [0.1, 0.15) is 27.5 Å². The summed E-state index contributed by atoms with van der Waals surface area (Å²) in [5.74, 6) is -1.40. The summed E-state index contributed by atoms with van der Waals surface area (Å²) >= 11 is 0.